The molecule has 2 aromatic rings. The van der Waals surface area contributed by atoms with Crippen molar-refractivity contribution in [2.24, 2.45) is 0 Å². The van der Waals surface area contributed by atoms with Crippen LogP contribution in [0.25, 0.3) is 11.1 Å². The van der Waals surface area contributed by atoms with Crippen molar-refractivity contribution >= 4 is 17.6 Å². The van der Waals surface area contributed by atoms with Gasteiger partial charge in [-0.05, 0) is 60.7 Å². The highest BCUT2D eigenvalue weighted by Gasteiger charge is 2.12. The Labute approximate surface area is 117 Å². The molecule has 0 saturated heterocycles. The van der Waals surface area contributed by atoms with Crippen molar-refractivity contribution < 1.29 is 9.90 Å². The zero-order valence-electron chi connectivity index (χ0n) is 11.1. The van der Waals surface area contributed by atoms with Crippen LogP contribution < -0.4 is 0 Å². The fourth-order valence-corrected chi connectivity index (χ4v) is 2.33. The molecule has 0 radical (unpaired) electrons. The van der Waals surface area contributed by atoms with Crippen LogP contribution in [0.1, 0.15) is 27.0 Å². The number of carboxylic acid groups (broad SMARTS) is 1. The van der Waals surface area contributed by atoms with E-state index in [2.05, 4.69) is 0 Å². The Morgan fingerprint density at radius 1 is 1.00 bits per heavy atom. The van der Waals surface area contributed by atoms with Gasteiger partial charge >= 0.3 is 5.97 Å². The molecule has 0 spiro atoms. The first kappa shape index (κ1) is 13.6. The summed E-state index contributed by atoms with van der Waals surface area (Å²) < 4.78 is 0. The van der Waals surface area contributed by atoms with Crippen LogP contribution in [-0.4, -0.2) is 11.1 Å². The first-order valence-corrected chi connectivity index (χ1v) is 6.39. The number of aryl methyl sites for hydroxylation is 3. The molecule has 2 nitrogen and oxygen atoms in total. The van der Waals surface area contributed by atoms with Gasteiger partial charge < -0.3 is 5.11 Å². The second-order valence-corrected chi connectivity index (χ2v) is 5.16. The van der Waals surface area contributed by atoms with Crippen LogP contribution in [0.5, 0.6) is 0 Å². The Morgan fingerprint density at radius 3 is 2.26 bits per heavy atom. The van der Waals surface area contributed by atoms with Gasteiger partial charge in [0, 0.05) is 5.02 Å². The summed E-state index contributed by atoms with van der Waals surface area (Å²) in [6.07, 6.45) is 0. The molecular weight excluding hydrogens is 260 g/mol. The van der Waals surface area contributed by atoms with Crippen molar-refractivity contribution in [3.05, 3.63) is 57.6 Å². The third kappa shape index (κ3) is 2.64. The van der Waals surface area contributed by atoms with Crippen molar-refractivity contribution in [3.8, 4) is 11.1 Å². The van der Waals surface area contributed by atoms with Gasteiger partial charge in [0.15, 0.2) is 0 Å². The Balaban J connectivity index is 2.64. The zero-order chi connectivity index (χ0) is 14.2. The normalized spacial score (nSPS) is 10.5. The average Bonchev–Trinajstić information content (AvgIpc) is 2.32. The third-order valence-electron chi connectivity index (χ3n) is 3.28. The van der Waals surface area contributed by atoms with Crippen LogP contribution in [0.4, 0.5) is 0 Å². The van der Waals surface area contributed by atoms with E-state index in [9.17, 15) is 9.90 Å². The minimum absolute atomic E-state index is 0.331. The highest BCUT2D eigenvalue weighted by Crippen LogP contribution is 2.29. The monoisotopic (exact) mass is 274 g/mol. The molecule has 2 aromatic carbocycles. The summed E-state index contributed by atoms with van der Waals surface area (Å²) in [6, 6.07) is 9.39. The van der Waals surface area contributed by atoms with E-state index in [1.807, 2.05) is 45.0 Å². The summed E-state index contributed by atoms with van der Waals surface area (Å²) in [5.41, 5.74) is 5.00. The van der Waals surface area contributed by atoms with Gasteiger partial charge in [-0.15, -0.1) is 0 Å². The van der Waals surface area contributed by atoms with Crippen LogP contribution in [-0.2, 0) is 0 Å². The maximum absolute atomic E-state index is 11.2. The molecule has 98 valence electrons. The summed E-state index contributed by atoms with van der Waals surface area (Å²) in [4.78, 5) is 11.2. The minimum Gasteiger partial charge on any atom is -0.478 e. The van der Waals surface area contributed by atoms with Gasteiger partial charge in [-0.25, -0.2) is 4.79 Å². The molecule has 0 aliphatic rings. The molecule has 3 heteroatoms. The van der Waals surface area contributed by atoms with Gasteiger partial charge in [-0.3, -0.25) is 0 Å². The standard InChI is InChI=1S/C16H15ClO2/c1-9-4-5-12(7-15(9)17)13-8-14(16(18)19)11(3)6-10(13)2/h4-8H,1-3H3,(H,18,19). The van der Waals surface area contributed by atoms with E-state index < -0.39 is 5.97 Å². The van der Waals surface area contributed by atoms with Gasteiger partial charge in [0.1, 0.15) is 0 Å². The predicted octanol–water partition coefficient (Wildman–Crippen LogP) is 4.63. The molecule has 0 atom stereocenters. The first-order chi connectivity index (χ1) is 8.90. The lowest BCUT2D eigenvalue weighted by atomic mass is 9.94. The molecule has 0 fully saturated rings. The number of carboxylic acids is 1. The highest BCUT2D eigenvalue weighted by atomic mass is 35.5. The fraction of sp³-hybridized carbons (Fsp3) is 0.188. The molecule has 0 saturated carbocycles. The van der Waals surface area contributed by atoms with Crippen LogP contribution in [0.3, 0.4) is 0 Å². The van der Waals surface area contributed by atoms with Gasteiger partial charge in [-0.2, -0.15) is 0 Å². The van der Waals surface area contributed by atoms with Crippen molar-refractivity contribution in [2.45, 2.75) is 20.8 Å². The molecule has 0 aliphatic carbocycles. The van der Waals surface area contributed by atoms with Gasteiger partial charge in [0.2, 0.25) is 0 Å². The van der Waals surface area contributed by atoms with E-state index in [1.165, 1.54) is 0 Å². The molecule has 0 aromatic heterocycles. The summed E-state index contributed by atoms with van der Waals surface area (Å²) in [5.74, 6) is -0.906. The zero-order valence-corrected chi connectivity index (χ0v) is 11.9. The topological polar surface area (TPSA) is 37.3 Å². The van der Waals surface area contributed by atoms with Crippen molar-refractivity contribution in [1.82, 2.24) is 0 Å². The Hall–Kier alpha value is -1.80. The summed E-state index contributed by atoms with van der Waals surface area (Å²) in [7, 11) is 0. The lowest BCUT2D eigenvalue weighted by Crippen LogP contribution is -2.01. The van der Waals surface area contributed by atoms with E-state index >= 15 is 0 Å². The smallest absolute Gasteiger partial charge is 0.335 e. The summed E-state index contributed by atoms with van der Waals surface area (Å²) in [6.45, 7) is 5.72. The average molecular weight is 275 g/mol. The van der Waals surface area contributed by atoms with Crippen molar-refractivity contribution in [2.75, 3.05) is 0 Å². The number of hydrogen-bond acceptors (Lipinski definition) is 1. The van der Waals surface area contributed by atoms with Gasteiger partial charge in [-0.1, -0.05) is 29.8 Å². The molecule has 0 aliphatic heterocycles. The highest BCUT2D eigenvalue weighted by molar-refractivity contribution is 6.31. The second kappa shape index (κ2) is 5.06. The number of rotatable bonds is 2. The third-order valence-corrected chi connectivity index (χ3v) is 3.69. The lowest BCUT2D eigenvalue weighted by Gasteiger charge is -2.11. The second-order valence-electron chi connectivity index (χ2n) is 4.75. The van der Waals surface area contributed by atoms with Crippen LogP contribution in [0.2, 0.25) is 5.02 Å². The summed E-state index contributed by atoms with van der Waals surface area (Å²) >= 11 is 6.13. The molecule has 0 amide bonds. The Bertz CT molecular complexity index is 660. The molecule has 19 heavy (non-hydrogen) atoms. The molecule has 1 N–H and O–H groups in total. The first-order valence-electron chi connectivity index (χ1n) is 6.01. The van der Waals surface area contributed by atoms with E-state index in [0.717, 1.165) is 27.8 Å². The Kier molecular flexibility index (Phi) is 3.63. The Morgan fingerprint density at radius 2 is 1.68 bits per heavy atom. The van der Waals surface area contributed by atoms with Gasteiger partial charge in [0.25, 0.3) is 0 Å². The fourth-order valence-electron chi connectivity index (χ4n) is 2.15. The maximum Gasteiger partial charge on any atom is 0.335 e. The van der Waals surface area contributed by atoms with E-state index in [-0.39, 0.29) is 0 Å². The lowest BCUT2D eigenvalue weighted by molar-refractivity contribution is 0.0696. The molecular formula is C16H15ClO2. The van der Waals surface area contributed by atoms with E-state index in [1.54, 1.807) is 6.07 Å². The molecule has 2 rings (SSSR count). The largest absolute Gasteiger partial charge is 0.478 e. The SMILES string of the molecule is Cc1ccc(-c2cc(C(=O)O)c(C)cc2C)cc1Cl. The predicted molar refractivity (Wildman–Crippen MR) is 78.1 cm³/mol. The minimum atomic E-state index is -0.906. The number of benzene rings is 2. The van der Waals surface area contributed by atoms with Crippen molar-refractivity contribution in [3.63, 3.8) is 0 Å². The number of aromatic carboxylic acids is 1. The molecule has 0 bridgehead atoms. The van der Waals surface area contributed by atoms with Crippen LogP contribution in [0, 0.1) is 20.8 Å². The molecule has 0 unspecified atom stereocenters. The van der Waals surface area contributed by atoms with Crippen LogP contribution in [0.15, 0.2) is 30.3 Å². The van der Waals surface area contributed by atoms with Gasteiger partial charge in [0.05, 0.1) is 5.56 Å². The quantitative estimate of drug-likeness (QED) is 0.867. The van der Waals surface area contributed by atoms with Crippen LogP contribution >= 0.6 is 11.6 Å². The number of halogens is 1. The number of carbonyl (C=O) groups is 1. The van der Waals surface area contributed by atoms with E-state index in [0.29, 0.717) is 10.6 Å². The number of hydrogen-bond donors (Lipinski definition) is 1. The van der Waals surface area contributed by atoms with Crippen molar-refractivity contribution in [1.29, 1.82) is 0 Å². The van der Waals surface area contributed by atoms with E-state index in [4.69, 9.17) is 11.6 Å². The maximum atomic E-state index is 11.2. The molecule has 0 heterocycles. The summed E-state index contributed by atoms with van der Waals surface area (Å²) in [5, 5.41) is 9.89.